The Bertz CT molecular complexity index is 819. The molecule has 2 aromatic carbocycles. The van der Waals surface area contributed by atoms with Gasteiger partial charge in [-0.1, -0.05) is 48.5 Å². The highest BCUT2D eigenvalue weighted by Crippen LogP contribution is 2.44. The zero-order chi connectivity index (χ0) is 19.4. The fourth-order valence-electron chi connectivity index (χ4n) is 3.43. The molecule has 0 unspecified atom stereocenters. The van der Waals surface area contributed by atoms with Crippen LogP contribution >= 0.6 is 0 Å². The molecule has 1 aliphatic carbocycles. The molecule has 3 rings (SSSR count). The Morgan fingerprint density at radius 2 is 1.56 bits per heavy atom. The van der Waals surface area contributed by atoms with Gasteiger partial charge in [-0.2, -0.15) is 0 Å². The van der Waals surface area contributed by atoms with Crippen LogP contribution in [0, 0.1) is 0 Å². The lowest BCUT2D eigenvalue weighted by Gasteiger charge is -2.18. The van der Waals surface area contributed by atoms with E-state index in [-0.39, 0.29) is 18.9 Å². The summed E-state index contributed by atoms with van der Waals surface area (Å²) in [5, 5.41) is 11.3. The van der Waals surface area contributed by atoms with E-state index >= 15 is 0 Å². The van der Waals surface area contributed by atoms with Crippen LogP contribution in [0.2, 0.25) is 0 Å². The van der Waals surface area contributed by atoms with Gasteiger partial charge in [0.1, 0.15) is 6.61 Å². The van der Waals surface area contributed by atoms with Crippen LogP contribution in [0.15, 0.2) is 48.5 Å². The van der Waals surface area contributed by atoms with Crippen LogP contribution in [0.25, 0.3) is 11.1 Å². The molecule has 7 nitrogen and oxygen atoms in total. The van der Waals surface area contributed by atoms with Crippen molar-refractivity contribution < 1.29 is 24.2 Å². The highest BCUT2D eigenvalue weighted by Gasteiger charge is 2.29. The van der Waals surface area contributed by atoms with Gasteiger partial charge in [0.25, 0.3) is 0 Å². The molecule has 0 aromatic heterocycles. The number of carboxylic acid groups (broad SMARTS) is 1. The second-order valence-corrected chi connectivity index (χ2v) is 6.44. The molecule has 0 saturated heterocycles. The summed E-state index contributed by atoms with van der Waals surface area (Å²) in [5.41, 5.74) is 9.47. The molecule has 0 saturated carbocycles. The summed E-state index contributed by atoms with van der Waals surface area (Å²) < 4.78 is 5.34. The predicted octanol–water partition coefficient (Wildman–Crippen LogP) is 2.24. The molecule has 0 spiro atoms. The average Bonchev–Trinajstić information content (AvgIpc) is 2.93. The van der Waals surface area contributed by atoms with E-state index in [1.165, 1.54) is 0 Å². The molecule has 2 aromatic rings. The van der Waals surface area contributed by atoms with E-state index in [9.17, 15) is 14.4 Å². The van der Waals surface area contributed by atoms with Crippen molar-refractivity contribution in [1.29, 1.82) is 0 Å². The SMILES string of the molecule is NC(=O)C[C@@H](CC(=O)O)NC(=O)OCC1c2ccccc2-c2ccccc21. The van der Waals surface area contributed by atoms with Crippen molar-refractivity contribution in [1.82, 2.24) is 5.32 Å². The van der Waals surface area contributed by atoms with E-state index in [4.69, 9.17) is 15.6 Å². The van der Waals surface area contributed by atoms with Crippen LogP contribution in [0.1, 0.15) is 29.9 Å². The summed E-state index contributed by atoms with van der Waals surface area (Å²) in [5.74, 6) is -1.93. The Morgan fingerprint density at radius 3 is 2.07 bits per heavy atom. The summed E-state index contributed by atoms with van der Waals surface area (Å²) in [6.45, 7) is 0.107. The smallest absolute Gasteiger partial charge is 0.407 e. The van der Waals surface area contributed by atoms with Gasteiger partial charge in [-0.15, -0.1) is 0 Å². The van der Waals surface area contributed by atoms with Crippen LogP contribution < -0.4 is 11.1 Å². The minimum Gasteiger partial charge on any atom is -0.481 e. The van der Waals surface area contributed by atoms with Crippen molar-refractivity contribution in [3.05, 3.63) is 59.7 Å². The van der Waals surface area contributed by atoms with E-state index in [0.29, 0.717) is 0 Å². The third-order valence-electron chi connectivity index (χ3n) is 4.53. The van der Waals surface area contributed by atoms with Gasteiger partial charge in [0.15, 0.2) is 0 Å². The molecule has 0 bridgehead atoms. The van der Waals surface area contributed by atoms with E-state index in [1.807, 2.05) is 48.5 Å². The largest absolute Gasteiger partial charge is 0.481 e. The number of amides is 2. The van der Waals surface area contributed by atoms with Crippen molar-refractivity contribution in [2.45, 2.75) is 24.8 Å². The molecule has 27 heavy (non-hydrogen) atoms. The van der Waals surface area contributed by atoms with E-state index < -0.39 is 30.4 Å². The minimum absolute atomic E-state index is 0.0998. The maximum Gasteiger partial charge on any atom is 0.407 e. The highest BCUT2D eigenvalue weighted by atomic mass is 16.5. The van der Waals surface area contributed by atoms with Crippen LogP contribution in [-0.2, 0) is 14.3 Å². The number of carbonyl (C=O) groups excluding carboxylic acids is 2. The minimum atomic E-state index is -1.14. The normalized spacial score (nSPS) is 13.3. The van der Waals surface area contributed by atoms with Crippen molar-refractivity contribution in [3.8, 4) is 11.1 Å². The number of hydrogen-bond donors (Lipinski definition) is 3. The lowest BCUT2D eigenvalue weighted by Crippen LogP contribution is -2.40. The zero-order valence-electron chi connectivity index (χ0n) is 14.6. The predicted molar refractivity (Wildman–Crippen MR) is 98.1 cm³/mol. The topological polar surface area (TPSA) is 119 Å². The zero-order valence-corrected chi connectivity index (χ0v) is 14.6. The van der Waals surface area contributed by atoms with E-state index in [2.05, 4.69) is 5.32 Å². The standard InChI is InChI=1S/C20H20N2O5/c21-18(23)9-12(10-19(24)25)22-20(26)27-11-17-15-7-3-1-5-13(15)14-6-2-4-8-16(14)17/h1-8,12,17H,9-11H2,(H2,21,23)(H,22,26)(H,24,25)/t12-/m0/s1. The first-order valence-corrected chi connectivity index (χ1v) is 8.57. The lowest BCUT2D eigenvalue weighted by molar-refractivity contribution is -0.137. The van der Waals surface area contributed by atoms with Gasteiger partial charge in [0.2, 0.25) is 5.91 Å². The van der Waals surface area contributed by atoms with E-state index in [1.54, 1.807) is 0 Å². The summed E-state index contributed by atoms with van der Waals surface area (Å²) in [4.78, 5) is 34.0. The van der Waals surface area contributed by atoms with Gasteiger partial charge in [-0.25, -0.2) is 4.79 Å². The van der Waals surface area contributed by atoms with Crippen molar-refractivity contribution in [2.75, 3.05) is 6.61 Å². The maximum atomic E-state index is 12.1. The Balaban J connectivity index is 1.68. The first-order valence-electron chi connectivity index (χ1n) is 8.57. The van der Waals surface area contributed by atoms with Crippen LogP contribution in [0.4, 0.5) is 4.79 Å². The number of nitrogens with one attached hydrogen (secondary N) is 1. The highest BCUT2D eigenvalue weighted by molar-refractivity contribution is 5.80. The Labute approximate surface area is 156 Å². The second-order valence-electron chi connectivity index (χ2n) is 6.44. The molecule has 1 atom stereocenters. The summed E-state index contributed by atoms with van der Waals surface area (Å²) in [7, 11) is 0. The molecule has 1 aliphatic rings. The van der Waals surface area contributed by atoms with Gasteiger partial charge >= 0.3 is 12.1 Å². The molecular weight excluding hydrogens is 348 g/mol. The third kappa shape index (κ3) is 4.25. The number of carbonyl (C=O) groups is 3. The van der Waals surface area contributed by atoms with E-state index in [0.717, 1.165) is 22.3 Å². The number of hydrogen-bond acceptors (Lipinski definition) is 4. The van der Waals surface area contributed by atoms with Crippen molar-refractivity contribution >= 4 is 18.0 Å². The average molecular weight is 368 g/mol. The quantitative estimate of drug-likeness (QED) is 0.692. The molecule has 140 valence electrons. The number of ether oxygens (including phenoxy) is 1. The fourth-order valence-corrected chi connectivity index (χ4v) is 3.43. The molecule has 0 aliphatic heterocycles. The number of carboxylic acids is 1. The number of aliphatic carboxylic acids is 1. The maximum absolute atomic E-state index is 12.1. The molecular formula is C20H20N2O5. The Morgan fingerprint density at radius 1 is 1.00 bits per heavy atom. The van der Waals surface area contributed by atoms with Gasteiger partial charge in [0, 0.05) is 12.3 Å². The number of rotatable bonds is 7. The third-order valence-corrected chi connectivity index (χ3v) is 4.53. The first-order chi connectivity index (χ1) is 13.0. The van der Waals surface area contributed by atoms with Gasteiger partial charge in [0.05, 0.1) is 12.5 Å². The molecule has 4 N–H and O–H groups in total. The van der Waals surface area contributed by atoms with Crippen LogP contribution in [-0.4, -0.2) is 35.7 Å². The summed E-state index contributed by atoms with van der Waals surface area (Å²) >= 11 is 0. The van der Waals surface area contributed by atoms with Crippen LogP contribution in [0.3, 0.4) is 0 Å². The summed E-state index contributed by atoms with van der Waals surface area (Å²) in [6, 6.07) is 15.0. The number of alkyl carbamates (subject to hydrolysis) is 1. The Hall–Kier alpha value is -3.35. The van der Waals surface area contributed by atoms with Crippen LogP contribution in [0.5, 0.6) is 0 Å². The first kappa shape index (κ1) is 18.4. The van der Waals surface area contributed by atoms with Gasteiger partial charge < -0.3 is 20.9 Å². The second kappa shape index (κ2) is 7.90. The number of nitrogens with two attached hydrogens (primary N) is 1. The molecule has 0 radical (unpaired) electrons. The molecule has 0 fully saturated rings. The van der Waals surface area contributed by atoms with Gasteiger partial charge in [-0.05, 0) is 22.3 Å². The van der Waals surface area contributed by atoms with Crippen molar-refractivity contribution in [3.63, 3.8) is 0 Å². The number of benzene rings is 2. The number of primary amides is 1. The molecule has 2 amide bonds. The fraction of sp³-hybridized carbons (Fsp3) is 0.250. The molecule has 7 heteroatoms. The molecule has 0 heterocycles. The van der Waals surface area contributed by atoms with Gasteiger partial charge in [-0.3, -0.25) is 9.59 Å². The summed E-state index contributed by atoms with van der Waals surface area (Å²) in [6.07, 6.45) is -1.45. The lowest BCUT2D eigenvalue weighted by atomic mass is 9.98. The number of fused-ring (bicyclic) bond motifs is 3. The Kier molecular flexibility index (Phi) is 5.40. The van der Waals surface area contributed by atoms with Crippen molar-refractivity contribution in [2.24, 2.45) is 5.73 Å². The monoisotopic (exact) mass is 368 g/mol.